The molecule has 9 heavy (non-hydrogen) atoms. The zero-order chi connectivity index (χ0) is 6.69. The van der Waals surface area contributed by atoms with E-state index in [4.69, 9.17) is 17.0 Å². The summed E-state index contributed by atoms with van der Waals surface area (Å²) in [4.78, 5) is 0. The zero-order valence-electron chi connectivity index (χ0n) is 5.42. The summed E-state index contributed by atoms with van der Waals surface area (Å²) in [5.41, 5.74) is 0. The molecule has 1 aliphatic heterocycles. The van der Waals surface area contributed by atoms with E-state index < -0.39 is 0 Å². The predicted octanol–water partition coefficient (Wildman–Crippen LogP) is 2.20. The lowest BCUT2D eigenvalue weighted by molar-refractivity contribution is 0.223. The van der Waals surface area contributed by atoms with Crippen LogP contribution >= 0.6 is 24.0 Å². The number of thiocarbonyl (C=S) groups is 1. The molecule has 52 valence electrons. The highest BCUT2D eigenvalue weighted by atomic mass is 32.2. The van der Waals surface area contributed by atoms with Crippen molar-refractivity contribution in [1.82, 2.24) is 0 Å². The van der Waals surface area contributed by atoms with E-state index in [2.05, 4.69) is 6.92 Å². The second-order valence-electron chi connectivity index (χ2n) is 2.09. The summed E-state index contributed by atoms with van der Waals surface area (Å²) in [5.74, 6) is 1.06. The predicted molar refractivity (Wildman–Crippen MR) is 44.8 cm³/mol. The highest BCUT2D eigenvalue weighted by molar-refractivity contribution is 8.22. The Balaban J connectivity index is 2.22. The molecule has 1 unspecified atom stereocenters. The highest BCUT2D eigenvalue weighted by Gasteiger charge is 2.19. The zero-order valence-corrected chi connectivity index (χ0v) is 7.06. The summed E-state index contributed by atoms with van der Waals surface area (Å²) < 4.78 is 6.03. The molecule has 1 aliphatic rings. The Hall–Kier alpha value is 0.240. The summed E-state index contributed by atoms with van der Waals surface area (Å²) in [6, 6.07) is 0. The molecule has 1 heterocycles. The fourth-order valence-corrected chi connectivity index (χ4v) is 1.93. The van der Waals surface area contributed by atoms with Crippen LogP contribution in [0.1, 0.15) is 19.8 Å². The fraction of sp³-hybridized carbons (Fsp3) is 0.833. The van der Waals surface area contributed by atoms with E-state index in [0.29, 0.717) is 6.10 Å². The summed E-state index contributed by atoms with van der Waals surface area (Å²) in [6.07, 6.45) is 2.74. The molecule has 0 N–H and O–H groups in total. The van der Waals surface area contributed by atoms with Crippen LogP contribution in [0.5, 0.6) is 0 Å². The van der Waals surface area contributed by atoms with E-state index in [1.54, 1.807) is 11.8 Å². The molecule has 0 radical (unpaired) electrons. The van der Waals surface area contributed by atoms with E-state index in [1.165, 1.54) is 6.42 Å². The molecule has 0 aromatic heterocycles. The Morgan fingerprint density at radius 2 is 2.67 bits per heavy atom. The van der Waals surface area contributed by atoms with E-state index in [0.717, 1.165) is 16.6 Å². The number of thioether (sulfide) groups is 1. The third-order valence-electron chi connectivity index (χ3n) is 1.26. The van der Waals surface area contributed by atoms with Gasteiger partial charge in [-0.3, -0.25) is 0 Å². The fourth-order valence-electron chi connectivity index (χ4n) is 0.829. The smallest absolute Gasteiger partial charge is 0.220 e. The molecule has 1 saturated heterocycles. The average molecular weight is 162 g/mol. The van der Waals surface area contributed by atoms with Gasteiger partial charge in [-0.1, -0.05) is 25.1 Å². The molecule has 0 saturated carbocycles. The van der Waals surface area contributed by atoms with E-state index in [-0.39, 0.29) is 0 Å². The maximum absolute atomic E-state index is 5.30. The molecular weight excluding hydrogens is 152 g/mol. The molecule has 0 bridgehead atoms. The van der Waals surface area contributed by atoms with Crippen molar-refractivity contribution in [3.63, 3.8) is 0 Å². The van der Waals surface area contributed by atoms with Crippen molar-refractivity contribution in [2.45, 2.75) is 25.9 Å². The molecule has 1 fully saturated rings. The van der Waals surface area contributed by atoms with E-state index in [1.807, 2.05) is 0 Å². The number of hydrogen-bond acceptors (Lipinski definition) is 3. The minimum Gasteiger partial charge on any atom is -0.474 e. The third-order valence-corrected chi connectivity index (χ3v) is 2.58. The first-order valence-corrected chi connectivity index (χ1v) is 4.55. The minimum atomic E-state index is 0.410. The highest BCUT2D eigenvalue weighted by Crippen LogP contribution is 2.22. The Morgan fingerprint density at radius 1 is 1.89 bits per heavy atom. The SMILES string of the molecule is CCCC1CSC(=S)O1. The van der Waals surface area contributed by atoms with Crippen molar-refractivity contribution in [2.24, 2.45) is 0 Å². The van der Waals surface area contributed by atoms with Crippen LogP contribution < -0.4 is 0 Å². The van der Waals surface area contributed by atoms with Crippen LogP contribution in [0.3, 0.4) is 0 Å². The Morgan fingerprint density at radius 3 is 3.11 bits per heavy atom. The second kappa shape index (κ2) is 3.42. The summed E-state index contributed by atoms with van der Waals surface area (Å²) >= 11 is 6.51. The largest absolute Gasteiger partial charge is 0.474 e. The molecule has 0 spiro atoms. The first-order valence-electron chi connectivity index (χ1n) is 3.16. The standard InChI is InChI=1S/C6H10OS2/c1-2-3-5-4-9-6(8)7-5/h5H,2-4H2,1H3. The molecule has 1 rings (SSSR count). The maximum atomic E-state index is 5.30. The van der Waals surface area contributed by atoms with Gasteiger partial charge in [-0.05, 0) is 18.6 Å². The van der Waals surface area contributed by atoms with Crippen LogP contribution in [0.2, 0.25) is 0 Å². The van der Waals surface area contributed by atoms with Crippen molar-refractivity contribution in [1.29, 1.82) is 0 Å². The van der Waals surface area contributed by atoms with Gasteiger partial charge in [0.15, 0.2) is 0 Å². The normalized spacial score (nSPS) is 26.3. The second-order valence-corrected chi connectivity index (χ2v) is 3.71. The van der Waals surface area contributed by atoms with Gasteiger partial charge in [-0.2, -0.15) is 0 Å². The van der Waals surface area contributed by atoms with Crippen molar-refractivity contribution < 1.29 is 4.74 Å². The van der Waals surface area contributed by atoms with Gasteiger partial charge in [-0.15, -0.1) is 0 Å². The van der Waals surface area contributed by atoms with E-state index >= 15 is 0 Å². The Labute approximate surface area is 65.2 Å². The van der Waals surface area contributed by atoms with Crippen LogP contribution in [-0.4, -0.2) is 16.2 Å². The van der Waals surface area contributed by atoms with Crippen LogP contribution in [0, 0.1) is 0 Å². The average Bonchev–Trinajstić information content (AvgIpc) is 2.17. The van der Waals surface area contributed by atoms with Crippen molar-refractivity contribution in [3.05, 3.63) is 0 Å². The van der Waals surface area contributed by atoms with E-state index in [9.17, 15) is 0 Å². The number of hydrogen-bond donors (Lipinski definition) is 0. The van der Waals surface area contributed by atoms with Gasteiger partial charge >= 0.3 is 0 Å². The third kappa shape index (κ3) is 2.14. The summed E-state index contributed by atoms with van der Waals surface area (Å²) in [7, 11) is 0. The van der Waals surface area contributed by atoms with Gasteiger partial charge in [0.2, 0.25) is 4.38 Å². The van der Waals surface area contributed by atoms with Crippen LogP contribution in [0.15, 0.2) is 0 Å². The summed E-state index contributed by atoms with van der Waals surface area (Å²) in [6.45, 7) is 2.16. The van der Waals surface area contributed by atoms with Crippen molar-refractivity contribution in [2.75, 3.05) is 5.75 Å². The molecule has 1 atom stereocenters. The van der Waals surface area contributed by atoms with Gasteiger partial charge in [0.05, 0.1) is 0 Å². The lowest BCUT2D eigenvalue weighted by Gasteiger charge is -2.04. The molecule has 3 heteroatoms. The molecule has 0 aromatic rings. The Kier molecular flexibility index (Phi) is 2.79. The first-order chi connectivity index (χ1) is 4.33. The topological polar surface area (TPSA) is 9.23 Å². The first kappa shape index (κ1) is 7.35. The van der Waals surface area contributed by atoms with Gasteiger partial charge in [0.1, 0.15) is 6.10 Å². The van der Waals surface area contributed by atoms with Crippen molar-refractivity contribution >= 4 is 28.4 Å². The number of rotatable bonds is 2. The Bertz CT molecular complexity index is 114. The van der Waals surface area contributed by atoms with Crippen molar-refractivity contribution in [3.8, 4) is 0 Å². The van der Waals surface area contributed by atoms with Gasteiger partial charge < -0.3 is 4.74 Å². The van der Waals surface area contributed by atoms with Gasteiger partial charge in [0, 0.05) is 5.75 Å². The minimum absolute atomic E-state index is 0.410. The molecule has 0 aliphatic carbocycles. The molecule has 0 aromatic carbocycles. The van der Waals surface area contributed by atoms with Crippen LogP contribution in [0.25, 0.3) is 0 Å². The summed E-state index contributed by atoms with van der Waals surface area (Å²) in [5, 5.41) is 0. The molecule has 1 nitrogen and oxygen atoms in total. The van der Waals surface area contributed by atoms with Gasteiger partial charge in [-0.25, -0.2) is 0 Å². The molecule has 0 amide bonds. The lowest BCUT2D eigenvalue weighted by Crippen LogP contribution is -2.07. The van der Waals surface area contributed by atoms with Gasteiger partial charge in [0.25, 0.3) is 0 Å². The lowest BCUT2D eigenvalue weighted by atomic mass is 10.2. The quantitative estimate of drug-likeness (QED) is 0.576. The molecular formula is C6H10OS2. The van der Waals surface area contributed by atoms with Crippen LogP contribution in [-0.2, 0) is 4.74 Å². The monoisotopic (exact) mass is 162 g/mol. The maximum Gasteiger partial charge on any atom is 0.220 e. The number of ether oxygens (including phenoxy) is 1. The van der Waals surface area contributed by atoms with Crippen LogP contribution in [0.4, 0.5) is 0 Å².